The zero-order chi connectivity index (χ0) is 14.4. The molecule has 2 heterocycles. The number of hydrogen-bond acceptors (Lipinski definition) is 3. The fourth-order valence-electron chi connectivity index (χ4n) is 3.02. The Morgan fingerprint density at radius 2 is 2.00 bits per heavy atom. The van der Waals surface area contributed by atoms with Gasteiger partial charge in [-0.1, -0.05) is 13.8 Å². The van der Waals surface area contributed by atoms with Crippen molar-refractivity contribution in [3.05, 3.63) is 17.5 Å². The molecule has 1 fully saturated rings. The molecule has 1 aliphatic heterocycles. The summed E-state index contributed by atoms with van der Waals surface area (Å²) >= 11 is 0. The molecule has 1 saturated heterocycles. The fourth-order valence-corrected chi connectivity index (χ4v) is 3.02. The van der Waals surface area contributed by atoms with Crippen LogP contribution in [0.5, 0.6) is 0 Å². The van der Waals surface area contributed by atoms with Crippen LogP contribution in [0.4, 0.5) is 0 Å². The average molecular weight is 278 g/mol. The highest BCUT2D eigenvalue weighted by Gasteiger charge is 2.20. The van der Waals surface area contributed by atoms with Crippen LogP contribution in [0.2, 0.25) is 0 Å². The van der Waals surface area contributed by atoms with E-state index in [0.717, 1.165) is 32.0 Å². The third-order valence-electron chi connectivity index (χ3n) is 4.35. The first-order valence-corrected chi connectivity index (χ1v) is 8.25. The molecule has 1 N–H and O–H groups in total. The van der Waals surface area contributed by atoms with Crippen molar-refractivity contribution in [2.75, 3.05) is 26.2 Å². The Bertz CT molecular complexity index is 391. The molecule has 114 valence electrons. The molecule has 4 nitrogen and oxygen atoms in total. The van der Waals surface area contributed by atoms with Gasteiger partial charge >= 0.3 is 0 Å². The topological polar surface area (TPSA) is 33.1 Å². The van der Waals surface area contributed by atoms with E-state index in [1.807, 2.05) is 0 Å². The summed E-state index contributed by atoms with van der Waals surface area (Å²) in [6.45, 7) is 13.3. The molecule has 0 amide bonds. The van der Waals surface area contributed by atoms with Gasteiger partial charge in [-0.15, -0.1) is 0 Å². The molecule has 1 aromatic rings. The zero-order valence-corrected chi connectivity index (χ0v) is 13.4. The van der Waals surface area contributed by atoms with E-state index in [2.05, 4.69) is 46.8 Å². The number of hydrogen-bond donors (Lipinski definition) is 1. The van der Waals surface area contributed by atoms with Crippen LogP contribution in [0.25, 0.3) is 0 Å². The van der Waals surface area contributed by atoms with Gasteiger partial charge in [0.2, 0.25) is 0 Å². The second kappa shape index (κ2) is 7.79. The number of nitrogens with one attached hydrogen (secondary N) is 1. The average Bonchev–Trinajstić information content (AvgIpc) is 2.88. The standard InChI is InChI=1S/C16H30N4/c1-4-15-11-16(20(6-3)18-15)13-19-9-7-14(8-10-19)12-17-5-2/h11,14,17H,4-10,12-13H2,1-3H3. The number of rotatable bonds is 7. The van der Waals surface area contributed by atoms with Crippen molar-refractivity contribution in [1.29, 1.82) is 0 Å². The molecule has 0 saturated carbocycles. The first kappa shape index (κ1) is 15.5. The summed E-state index contributed by atoms with van der Waals surface area (Å²) in [5, 5.41) is 8.13. The molecule has 0 unspecified atom stereocenters. The van der Waals surface area contributed by atoms with Gasteiger partial charge in [0.15, 0.2) is 0 Å². The number of aromatic nitrogens is 2. The SMILES string of the molecule is CCNCC1CCN(Cc2cc(CC)nn2CC)CC1. The second-order valence-electron chi connectivity index (χ2n) is 5.82. The van der Waals surface area contributed by atoms with Gasteiger partial charge in [0, 0.05) is 13.1 Å². The molecule has 2 rings (SSSR count). The van der Waals surface area contributed by atoms with E-state index >= 15 is 0 Å². The van der Waals surface area contributed by atoms with Crippen molar-refractivity contribution in [1.82, 2.24) is 20.0 Å². The molecule has 4 heteroatoms. The van der Waals surface area contributed by atoms with Crippen LogP contribution >= 0.6 is 0 Å². The summed E-state index contributed by atoms with van der Waals surface area (Å²) in [6, 6.07) is 2.29. The van der Waals surface area contributed by atoms with Crippen molar-refractivity contribution >= 4 is 0 Å². The molecule has 0 radical (unpaired) electrons. The van der Waals surface area contributed by atoms with Crippen molar-refractivity contribution in [2.24, 2.45) is 5.92 Å². The lowest BCUT2D eigenvalue weighted by Gasteiger charge is -2.32. The summed E-state index contributed by atoms with van der Waals surface area (Å²) in [6.07, 6.45) is 3.69. The van der Waals surface area contributed by atoms with Crippen LogP contribution in [-0.4, -0.2) is 40.9 Å². The number of likely N-dealkylation sites (tertiary alicyclic amines) is 1. The number of aryl methyl sites for hydroxylation is 2. The molecule has 0 aliphatic carbocycles. The summed E-state index contributed by atoms with van der Waals surface area (Å²) < 4.78 is 2.17. The molecule has 0 bridgehead atoms. The lowest BCUT2D eigenvalue weighted by atomic mass is 9.96. The van der Waals surface area contributed by atoms with Crippen molar-refractivity contribution in [2.45, 2.75) is 53.1 Å². The largest absolute Gasteiger partial charge is 0.317 e. The predicted molar refractivity (Wildman–Crippen MR) is 83.8 cm³/mol. The molecular weight excluding hydrogens is 248 g/mol. The van der Waals surface area contributed by atoms with Gasteiger partial charge in [0.25, 0.3) is 0 Å². The van der Waals surface area contributed by atoms with Gasteiger partial charge in [-0.2, -0.15) is 5.10 Å². The highest BCUT2D eigenvalue weighted by atomic mass is 15.3. The highest BCUT2D eigenvalue weighted by Crippen LogP contribution is 2.19. The zero-order valence-electron chi connectivity index (χ0n) is 13.4. The van der Waals surface area contributed by atoms with Gasteiger partial charge in [-0.05, 0) is 64.3 Å². The smallest absolute Gasteiger partial charge is 0.0625 e. The van der Waals surface area contributed by atoms with Gasteiger partial charge in [0.05, 0.1) is 11.4 Å². The Morgan fingerprint density at radius 3 is 2.60 bits per heavy atom. The summed E-state index contributed by atoms with van der Waals surface area (Å²) in [5.41, 5.74) is 2.61. The minimum Gasteiger partial charge on any atom is -0.317 e. The van der Waals surface area contributed by atoms with E-state index < -0.39 is 0 Å². The van der Waals surface area contributed by atoms with E-state index in [1.54, 1.807) is 0 Å². The van der Waals surface area contributed by atoms with Gasteiger partial charge in [0.1, 0.15) is 0 Å². The molecule has 0 atom stereocenters. The van der Waals surface area contributed by atoms with Gasteiger partial charge in [-0.3, -0.25) is 9.58 Å². The van der Waals surface area contributed by atoms with E-state index in [9.17, 15) is 0 Å². The van der Waals surface area contributed by atoms with Gasteiger partial charge < -0.3 is 5.32 Å². The lowest BCUT2D eigenvalue weighted by Crippen LogP contribution is -2.37. The van der Waals surface area contributed by atoms with Crippen LogP contribution in [0.15, 0.2) is 6.07 Å². The second-order valence-corrected chi connectivity index (χ2v) is 5.82. The molecule has 20 heavy (non-hydrogen) atoms. The normalized spacial score (nSPS) is 17.8. The maximum Gasteiger partial charge on any atom is 0.0625 e. The molecule has 1 aromatic heterocycles. The lowest BCUT2D eigenvalue weighted by molar-refractivity contribution is 0.172. The Labute approximate surface area is 123 Å². The van der Waals surface area contributed by atoms with Gasteiger partial charge in [-0.25, -0.2) is 0 Å². The Balaban J connectivity index is 1.84. The molecule has 0 aromatic carbocycles. The predicted octanol–water partition coefficient (Wildman–Crippen LogP) is 2.29. The fraction of sp³-hybridized carbons (Fsp3) is 0.812. The van der Waals surface area contributed by atoms with E-state index in [0.29, 0.717) is 0 Å². The molecule has 1 aliphatic rings. The van der Waals surface area contributed by atoms with Crippen molar-refractivity contribution in [3.63, 3.8) is 0 Å². The van der Waals surface area contributed by atoms with E-state index in [1.165, 1.54) is 43.9 Å². The Kier molecular flexibility index (Phi) is 6.05. The molecular formula is C16H30N4. The van der Waals surface area contributed by atoms with Crippen LogP contribution < -0.4 is 5.32 Å². The van der Waals surface area contributed by atoms with E-state index in [-0.39, 0.29) is 0 Å². The minimum absolute atomic E-state index is 0.869. The highest BCUT2D eigenvalue weighted by molar-refractivity contribution is 5.10. The van der Waals surface area contributed by atoms with Crippen molar-refractivity contribution < 1.29 is 0 Å². The third-order valence-corrected chi connectivity index (χ3v) is 4.35. The van der Waals surface area contributed by atoms with Crippen LogP contribution in [0, 0.1) is 5.92 Å². The summed E-state index contributed by atoms with van der Waals surface area (Å²) in [5.74, 6) is 0.869. The summed E-state index contributed by atoms with van der Waals surface area (Å²) in [7, 11) is 0. The number of nitrogens with zero attached hydrogens (tertiary/aromatic N) is 3. The molecule has 0 spiro atoms. The monoisotopic (exact) mass is 278 g/mol. The number of piperidine rings is 1. The van der Waals surface area contributed by atoms with Crippen LogP contribution in [-0.2, 0) is 19.5 Å². The quantitative estimate of drug-likeness (QED) is 0.831. The van der Waals surface area contributed by atoms with E-state index in [4.69, 9.17) is 0 Å². The van der Waals surface area contributed by atoms with Crippen LogP contribution in [0.1, 0.15) is 45.0 Å². The Morgan fingerprint density at radius 1 is 1.25 bits per heavy atom. The minimum atomic E-state index is 0.869. The Hall–Kier alpha value is -0.870. The van der Waals surface area contributed by atoms with Crippen molar-refractivity contribution in [3.8, 4) is 0 Å². The third kappa shape index (κ3) is 4.06. The first-order valence-electron chi connectivity index (χ1n) is 8.25. The maximum absolute atomic E-state index is 4.65. The maximum atomic E-state index is 4.65. The van der Waals surface area contributed by atoms with Crippen LogP contribution in [0.3, 0.4) is 0 Å². The summed E-state index contributed by atoms with van der Waals surface area (Å²) in [4.78, 5) is 2.59. The first-order chi connectivity index (χ1) is 9.76.